The highest BCUT2D eigenvalue weighted by Gasteiger charge is 1.96. The molecule has 2 aromatic carbocycles. The molecule has 0 spiro atoms. The molecule has 2 rings (SSSR count). The first-order valence-electron chi connectivity index (χ1n) is 9.19. The summed E-state index contributed by atoms with van der Waals surface area (Å²) in [5.74, 6) is 0.876. The van der Waals surface area contributed by atoms with E-state index in [0.29, 0.717) is 6.61 Å². The number of hydrogen-bond acceptors (Lipinski definition) is 4. The molecule has 0 bridgehead atoms. The van der Waals surface area contributed by atoms with Crippen LogP contribution < -0.4 is 4.74 Å². The Morgan fingerprint density at radius 1 is 0.640 bits per heavy atom. The van der Waals surface area contributed by atoms with Crippen molar-refractivity contribution in [3.8, 4) is 5.75 Å². The highest BCUT2D eigenvalue weighted by molar-refractivity contribution is 5.42. The van der Waals surface area contributed by atoms with Gasteiger partial charge in [0.15, 0.2) is 0 Å². The van der Waals surface area contributed by atoms with E-state index in [1.54, 1.807) is 0 Å². The maximum absolute atomic E-state index is 8.72. The molecule has 0 aliphatic rings. The molecule has 0 aromatic heterocycles. The van der Waals surface area contributed by atoms with E-state index in [2.05, 4.69) is 10.2 Å². The Labute approximate surface area is 150 Å². The topological polar surface area (TPSA) is 54.2 Å². The zero-order chi connectivity index (χ0) is 17.6. The van der Waals surface area contributed by atoms with Gasteiger partial charge in [0.05, 0.1) is 18.0 Å². The molecular weight excluding hydrogens is 312 g/mol. The number of hydrogen-bond donors (Lipinski definition) is 1. The standard InChI is InChI=1S/C21H28N2O2/c24-17-9-4-2-1-3-5-10-18-25-21-15-13-20(14-16-21)23-22-19-11-7-6-8-12-19/h6-8,11-16,24H,1-5,9-10,17-18H2. The van der Waals surface area contributed by atoms with Crippen LogP contribution in [-0.2, 0) is 0 Å². The zero-order valence-electron chi connectivity index (χ0n) is 14.8. The largest absolute Gasteiger partial charge is 0.494 e. The van der Waals surface area contributed by atoms with Crippen LogP contribution in [0.15, 0.2) is 64.8 Å². The summed E-state index contributed by atoms with van der Waals surface area (Å²) < 4.78 is 5.76. The molecule has 0 saturated carbocycles. The summed E-state index contributed by atoms with van der Waals surface area (Å²) in [7, 11) is 0. The third-order valence-corrected chi connectivity index (χ3v) is 3.95. The van der Waals surface area contributed by atoms with Crippen LogP contribution in [0.2, 0.25) is 0 Å². The van der Waals surface area contributed by atoms with E-state index < -0.39 is 0 Å². The van der Waals surface area contributed by atoms with Crippen molar-refractivity contribution in [3.63, 3.8) is 0 Å². The Morgan fingerprint density at radius 2 is 1.20 bits per heavy atom. The number of aliphatic hydroxyl groups excluding tert-OH is 1. The quantitative estimate of drug-likeness (QED) is 0.369. The number of benzene rings is 2. The van der Waals surface area contributed by atoms with Crippen molar-refractivity contribution in [3.05, 3.63) is 54.6 Å². The minimum atomic E-state index is 0.320. The first kappa shape index (κ1) is 19.1. The third-order valence-electron chi connectivity index (χ3n) is 3.95. The van der Waals surface area contributed by atoms with Gasteiger partial charge < -0.3 is 9.84 Å². The van der Waals surface area contributed by atoms with Crippen LogP contribution in [0.1, 0.15) is 44.9 Å². The number of rotatable bonds is 12. The minimum absolute atomic E-state index is 0.320. The van der Waals surface area contributed by atoms with E-state index in [1.807, 2.05) is 54.6 Å². The molecule has 0 aliphatic heterocycles. The third kappa shape index (κ3) is 8.45. The predicted molar refractivity (Wildman–Crippen MR) is 102 cm³/mol. The van der Waals surface area contributed by atoms with Crippen molar-refractivity contribution >= 4 is 11.4 Å². The fraction of sp³-hybridized carbons (Fsp3) is 0.429. The molecular formula is C21H28N2O2. The Morgan fingerprint density at radius 3 is 1.84 bits per heavy atom. The number of nitrogens with zero attached hydrogens (tertiary/aromatic N) is 2. The molecule has 0 radical (unpaired) electrons. The molecule has 0 amide bonds. The lowest BCUT2D eigenvalue weighted by molar-refractivity contribution is 0.281. The molecule has 0 atom stereocenters. The molecule has 0 heterocycles. The highest BCUT2D eigenvalue weighted by Crippen LogP contribution is 2.21. The summed E-state index contributed by atoms with van der Waals surface area (Å²) in [5.41, 5.74) is 1.67. The predicted octanol–water partition coefficient (Wildman–Crippen LogP) is 6.20. The Hall–Kier alpha value is -2.20. The van der Waals surface area contributed by atoms with Gasteiger partial charge in [-0.15, -0.1) is 0 Å². The van der Waals surface area contributed by atoms with Gasteiger partial charge in [-0.3, -0.25) is 0 Å². The molecule has 0 unspecified atom stereocenters. The average molecular weight is 340 g/mol. The van der Waals surface area contributed by atoms with Gasteiger partial charge in [-0.05, 0) is 49.2 Å². The van der Waals surface area contributed by atoms with E-state index in [1.165, 1.54) is 25.7 Å². The molecule has 4 nitrogen and oxygen atoms in total. The van der Waals surface area contributed by atoms with Gasteiger partial charge >= 0.3 is 0 Å². The minimum Gasteiger partial charge on any atom is -0.494 e. The Bertz CT molecular complexity index is 597. The van der Waals surface area contributed by atoms with Crippen LogP contribution in [-0.4, -0.2) is 18.3 Å². The van der Waals surface area contributed by atoms with Gasteiger partial charge in [-0.25, -0.2) is 0 Å². The zero-order valence-corrected chi connectivity index (χ0v) is 14.8. The fourth-order valence-electron chi connectivity index (χ4n) is 2.51. The second kappa shape index (κ2) is 12.2. The number of aliphatic hydroxyl groups is 1. The molecule has 4 heteroatoms. The molecule has 134 valence electrons. The van der Waals surface area contributed by atoms with Crippen molar-refractivity contribution in [2.45, 2.75) is 44.9 Å². The lowest BCUT2D eigenvalue weighted by Crippen LogP contribution is -1.97. The van der Waals surface area contributed by atoms with E-state index in [-0.39, 0.29) is 0 Å². The van der Waals surface area contributed by atoms with Crippen LogP contribution in [0.25, 0.3) is 0 Å². The monoisotopic (exact) mass is 340 g/mol. The summed E-state index contributed by atoms with van der Waals surface area (Å²) in [6.45, 7) is 1.07. The molecule has 2 aromatic rings. The van der Waals surface area contributed by atoms with Crippen LogP contribution in [0.3, 0.4) is 0 Å². The maximum Gasteiger partial charge on any atom is 0.119 e. The lowest BCUT2D eigenvalue weighted by atomic mass is 10.1. The molecule has 0 fully saturated rings. The van der Waals surface area contributed by atoms with Gasteiger partial charge in [0.2, 0.25) is 0 Å². The molecule has 0 aliphatic carbocycles. The second-order valence-corrected chi connectivity index (χ2v) is 6.08. The first-order valence-corrected chi connectivity index (χ1v) is 9.19. The summed E-state index contributed by atoms with van der Waals surface area (Å²) in [6, 6.07) is 17.4. The maximum atomic E-state index is 8.72. The highest BCUT2D eigenvalue weighted by atomic mass is 16.5. The second-order valence-electron chi connectivity index (χ2n) is 6.08. The number of unbranched alkanes of at least 4 members (excludes halogenated alkanes) is 6. The van der Waals surface area contributed by atoms with Crippen molar-refractivity contribution in [2.24, 2.45) is 10.2 Å². The van der Waals surface area contributed by atoms with Gasteiger partial charge in [-0.2, -0.15) is 10.2 Å². The van der Waals surface area contributed by atoms with Crippen molar-refractivity contribution < 1.29 is 9.84 Å². The summed E-state index contributed by atoms with van der Waals surface area (Å²) in [5, 5.41) is 17.1. The van der Waals surface area contributed by atoms with Crippen LogP contribution in [0.5, 0.6) is 5.75 Å². The van der Waals surface area contributed by atoms with E-state index in [0.717, 1.165) is 43.0 Å². The van der Waals surface area contributed by atoms with E-state index >= 15 is 0 Å². The van der Waals surface area contributed by atoms with Crippen LogP contribution >= 0.6 is 0 Å². The van der Waals surface area contributed by atoms with E-state index in [4.69, 9.17) is 9.84 Å². The average Bonchev–Trinajstić information content (AvgIpc) is 2.67. The summed E-state index contributed by atoms with van der Waals surface area (Å²) in [6.07, 6.45) is 8.07. The summed E-state index contributed by atoms with van der Waals surface area (Å²) >= 11 is 0. The normalized spacial score (nSPS) is 11.1. The summed E-state index contributed by atoms with van der Waals surface area (Å²) in [4.78, 5) is 0. The lowest BCUT2D eigenvalue weighted by Gasteiger charge is -2.06. The van der Waals surface area contributed by atoms with Crippen molar-refractivity contribution in [1.82, 2.24) is 0 Å². The van der Waals surface area contributed by atoms with Crippen molar-refractivity contribution in [2.75, 3.05) is 13.2 Å². The Balaban J connectivity index is 1.60. The smallest absolute Gasteiger partial charge is 0.119 e. The van der Waals surface area contributed by atoms with Gasteiger partial charge in [0, 0.05) is 6.61 Å². The first-order chi connectivity index (χ1) is 12.4. The van der Waals surface area contributed by atoms with E-state index in [9.17, 15) is 0 Å². The molecule has 1 N–H and O–H groups in total. The Kier molecular flexibility index (Phi) is 9.34. The van der Waals surface area contributed by atoms with Gasteiger partial charge in [-0.1, -0.05) is 50.3 Å². The van der Waals surface area contributed by atoms with Gasteiger partial charge in [0.25, 0.3) is 0 Å². The fourth-order valence-corrected chi connectivity index (χ4v) is 2.51. The van der Waals surface area contributed by atoms with Crippen molar-refractivity contribution in [1.29, 1.82) is 0 Å². The number of azo groups is 1. The molecule has 0 saturated heterocycles. The van der Waals surface area contributed by atoms with Gasteiger partial charge in [0.1, 0.15) is 5.75 Å². The number of ether oxygens (including phenoxy) is 1. The SMILES string of the molecule is OCCCCCCCCCOc1ccc(N=Nc2ccccc2)cc1. The van der Waals surface area contributed by atoms with Crippen LogP contribution in [0, 0.1) is 0 Å². The molecule has 25 heavy (non-hydrogen) atoms. The van der Waals surface area contributed by atoms with Crippen LogP contribution in [0.4, 0.5) is 11.4 Å².